The van der Waals surface area contributed by atoms with Crippen LogP contribution in [0.4, 0.5) is 0 Å². The van der Waals surface area contributed by atoms with Gasteiger partial charge in [0, 0.05) is 0 Å². The summed E-state index contributed by atoms with van der Waals surface area (Å²) in [7, 11) is 0. The normalized spacial score (nSPS) is 17.3. The molecule has 0 aliphatic rings. The molecular formula is C18H34NO6+. The minimum atomic E-state index is -1.18. The van der Waals surface area contributed by atoms with E-state index < -0.39 is 40.5 Å². The molecule has 7 nitrogen and oxygen atoms in total. The van der Waals surface area contributed by atoms with E-state index in [2.05, 4.69) is 6.92 Å². The number of unbranched alkanes of at least 4 members (excludes halogenated alkanes) is 6. The van der Waals surface area contributed by atoms with E-state index in [1.807, 2.05) is 0 Å². The zero-order chi connectivity index (χ0) is 19.6. The largest absolute Gasteiger partial charge is 0.477 e. The maximum absolute atomic E-state index is 11.6. The third kappa shape index (κ3) is 6.30. The van der Waals surface area contributed by atoms with Crippen molar-refractivity contribution in [2.24, 2.45) is 0 Å². The monoisotopic (exact) mass is 360 g/mol. The van der Waals surface area contributed by atoms with E-state index in [-0.39, 0.29) is 6.54 Å². The van der Waals surface area contributed by atoms with Gasteiger partial charge < -0.3 is 15.3 Å². The second-order valence-corrected chi connectivity index (χ2v) is 6.88. The fourth-order valence-corrected chi connectivity index (χ4v) is 3.55. The molecule has 0 fully saturated rings. The molecule has 3 unspecified atom stereocenters. The Morgan fingerprint density at radius 3 is 1.32 bits per heavy atom. The zero-order valence-corrected chi connectivity index (χ0v) is 15.9. The summed E-state index contributed by atoms with van der Waals surface area (Å²) >= 11 is 0. The first-order chi connectivity index (χ1) is 11.6. The first-order valence-corrected chi connectivity index (χ1v) is 9.18. The van der Waals surface area contributed by atoms with Gasteiger partial charge in [0.1, 0.15) is 0 Å². The van der Waals surface area contributed by atoms with Crippen LogP contribution in [0.1, 0.15) is 72.6 Å². The third-order valence-corrected chi connectivity index (χ3v) is 5.38. The predicted molar refractivity (Wildman–Crippen MR) is 94.4 cm³/mol. The molecule has 0 radical (unpaired) electrons. The average molecular weight is 360 g/mol. The molecular weight excluding hydrogens is 326 g/mol. The Labute approximate surface area is 150 Å². The van der Waals surface area contributed by atoms with Crippen molar-refractivity contribution in [3.63, 3.8) is 0 Å². The van der Waals surface area contributed by atoms with E-state index in [0.717, 1.165) is 32.1 Å². The topological polar surface area (TPSA) is 112 Å². The standard InChI is InChI=1S/C18H33NO6/c1-5-6-7-8-9-10-11-12-19(13(2)16(20)21,14(3)17(22)23)15(4)18(24)25/h13-15H,5-12H2,1-4H3,(H2-,20,21,22,23,24,25)/p+1. The van der Waals surface area contributed by atoms with E-state index in [9.17, 15) is 29.7 Å². The van der Waals surface area contributed by atoms with Crippen molar-refractivity contribution >= 4 is 17.9 Å². The predicted octanol–water partition coefficient (Wildman–Crippen LogP) is 2.97. The lowest BCUT2D eigenvalue weighted by Crippen LogP contribution is -2.70. The van der Waals surface area contributed by atoms with Gasteiger partial charge in [0.2, 0.25) is 0 Å². The molecule has 146 valence electrons. The number of quaternary nitrogens is 1. The van der Waals surface area contributed by atoms with Gasteiger partial charge in [-0.2, -0.15) is 0 Å². The van der Waals surface area contributed by atoms with E-state index >= 15 is 0 Å². The van der Waals surface area contributed by atoms with Crippen LogP contribution in [-0.2, 0) is 14.4 Å². The van der Waals surface area contributed by atoms with E-state index in [0.29, 0.717) is 6.42 Å². The molecule has 0 amide bonds. The number of nitrogens with zero attached hydrogens (tertiary/aromatic N) is 1. The highest BCUT2D eigenvalue weighted by Crippen LogP contribution is 2.27. The quantitative estimate of drug-likeness (QED) is 0.324. The van der Waals surface area contributed by atoms with Gasteiger partial charge in [-0.15, -0.1) is 0 Å². The number of carbonyl (C=O) groups is 3. The molecule has 0 saturated heterocycles. The van der Waals surface area contributed by atoms with Gasteiger partial charge >= 0.3 is 17.9 Å². The second kappa shape index (κ2) is 11.1. The molecule has 0 aromatic heterocycles. The zero-order valence-electron chi connectivity index (χ0n) is 15.9. The highest BCUT2D eigenvalue weighted by molar-refractivity contribution is 5.77. The van der Waals surface area contributed by atoms with Crippen LogP contribution in [0.25, 0.3) is 0 Å². The number of rotatable bonds is 14. The Morgan fingerprint density at radius 2 is 1.00 bits per heavy atom. The summed E-state index contributed by atoms with van der Waals surface area (Å²) in [6.07, 6.45) is 7.02. The first kappa shape index (κ1) is 23.4. The minimum absolute atomic E-state index is 0.224. The number of carboxylic acid groups (broad SMARTS) is 3. The van der Waals surface area contributed by atoms with Crippen molar-refractivity contribution in [1.82, 2.24) is 0 Å². The maximum Gasteiger partial charge on any atom is 0.362 e. The Hall–Kier alpha value is -1.63. The molecule has 0 rings (SSSR count). The van der Waals surface area contributed by atoms with Crippen LogP contribution in [0, 0.1) is 0 Å². The van der Waals surface area contributed by atoms with E-state index in [1.54, 1.807) is 0 Å². The van der Waals surface area contributed by atoms with Crippen molar-refractivity contribution in [1.29, 1.82) is 0 Å². The number of hydrogen-bond acceptors (Lipinski definition) is 3. The van der Waals surface area contributed by atoms with Crippen molar-refractivity contribution in [3.05, 3.63) is 0 Å². The molecule has 0 aromatic carbocycles. The lowest BCUT2D eigenvalue weighted by atomic mass is 10.00. The van der Waals surface area contributed by atoms with Crippen LogP contribution in [0.2, 0.25) is 0 Å². The summed E-state index contributed by atoms with van der Waals surface area (Å²) in [6.45, 7) is 6.58. The van der Waals surface area contributed by atoms with Gasteiger partial charge in [0.05, 0.1) is 6.54 Å². The SMILES string of the molecule is CCCCCCCCC[N+](C(C)C(=O)O)(C(C)C(=O)O)C(C)C(=O)O. The molecule has 0 aliphatic heterocycles. The fraction of sp³-hybridized carbons (Fsp3) is 0.833. The summed E-state index contributed by atoms with van der Waals surface area (Å²) in [4.78, 5) is 34.8. The van der Waals surface area contributed by atoms with Crippen LogP contribution >= 0.6 is 0 Å². The number of hydrogen-bond donors (Lipinski definition) is 3. The average Bonchev–Trinajstić information content (AvgIpc) is 2.55. The van der Waals surface area contributed by atoms with Crippen LogP contribution in [0.15, 0.2) is 0 Å². The van der Waals surface area contributed by atoms with Crippen LogP contribution < -0.4 is 0 Å². The molecule has 0 heterocycles. The molecule has 0 aliphatic carbocycles. The Bertz CT molecular complexity index is 401. The van der Waals surface area contributed by atoms with Gasteiger partial charge in [-0.1, -0.05) is 39.0 Å². The molecule has 0 saturated carbocycles. The van der Waals surface area contributed by atoms with Crippen molar-refractivity contribution in [2.75, 3.05) is 6.54 Å². The third-order valence-electron chi connectivity index (χ3n) is 5.38. The summed E-state index contributed by atoms with van der Waals surface area (Å²) in [5.41, 5.74) is 0. The van der Waals surface area contributed by atoms with Crippen LogP contribution in [-0.4, -0.2) is 62.4 Å². The molecule has 0 aromatic rings. The summed E-state index contributed by atoms with van der Waals surface area (Å²) in [6, 6.07) is -3.34. The lowest BCUT2D eigenvalue weighted by Gasteiger charge is -2.47. The van der Waals surface area contributed by atoms with E-state index in [4.69, 9.17) is 0 Å². The van der Waals surface area contributed by atoms with Gasteiger partial charge in [-0.25, -0.2) is 14.4 Å². The number of aliphatic carboxylic acids is 3. The van der Waals surface area contributed by atoms with Crippen molar-refractivity contribution < 1.29 is 34.2 Å². The van der Waals surface area contributed by atoms with Gasteiger partial charge in [0.25, 0.3) is 0 Å². The molecule has 3 atom stereocenters. The van der Waals surface area contributed by atoms with Gasteiger partial charge in [-0.3, -0.25) is 4.48 Å². The lowest BCUT2D eigenvalue weighted by molar-refractivity contribution is -0.968. The minimum Gasteiger partial charge on any atom is -0.477 e. The fourth-order valence-electron chi connectivity index (χ4n) is 3.55. The van der Waals surface area contributed by atoms with Crippen molar-refractivity contribution in [3.8, 4) is 0 Å². The Morgan fingerprint density at radius 1 is 0.680 bits per heavy atom. The highest BCUT2D eigenvalue weighted by Gasteiger charge is 2.52. The first-order valence-electron chi connectivity index (χ1n) is 9.18. The Kier molecular flexibility index (Phi) is 10.4. The Balaban J connectivity index is 5.30. The number of carboxylic acids is 3. The molecule has 0 bridgehead atoms. The van der Waals surface area contributed by atoms with Crippen molar-refractivity contribution in [2.45, 2.75) is 90.8 Å². The highest BCUT2D eigenvalue weighted by atomic mass is 16.4. The molecule has 25 heavy (non-hydrogen) atoms. The maximum atomic E-state index is 11.6. The molecule has 0 spiro atoms. The second-order valence-electron chi connectivity index (χ2n) is 6.88. The van der Waals surface area contributed by atoms with Gasteiger partial charge in [0.15, 0.2) is 18.1 Å². The summed E-state index contributed by atoms with van der Waals surface area (Å²) in [5.74, 6) is -3.53. The smallest absolute Gasteiger partial charge is 0.362 e. The van der Waals surface area contributed by atoms with Crippen LogP contribution in [0.5, 0.6) is 0 Å². The van der Waals surface area contributed by atoms with E-state index in [1.165, 1.54) is 27.2 Å². The summed E-state index contributed by atoms with van der Waals surface area (Å²) in [5, 5.41) is 28.4. The van der Waals surface area contributed by atoms with Gasteiger partial charge in [-0.05, 0) is 33.6 Å². The molecule has 3 N–H and O–H groups in total. The van der Waals surface area contributed by atoms with Crippen LogP contribution in [0.3, 0.4) is 0 Å². The molecule has 7 heteroatoms. The summed E-state index contributed by atoms with van der Waals surface area (Å²) < 4.78 is -0.477.